The number of carbonyl (C=O) groups is 2. The maximum atomic E-state index is 12.4. The molecule has 1 aliphatic rings. The Bertz CT molecular complexity index is 498. The number of piperidine rings is 1. The molecule has 0 aliphatic carbocycles. The number of nitrogens with two attached hydrogens (primary N) is 1. The van der Waals surface area contributed by atoms with Crippen LogP contribution in [0.3, 0.4) is 0 Å². The van der Waals surface area contributed by atoms with Crippen molar-refractivity contribution in [1.29, 1.82) is 0 Å². The highest BCUT2D eigenvalue weighted by atomic mass is 79.9. The summed E-state index contributed by atoms with van der Waals surface area (Å²) in [5.41, 5.74) is 6.06. The van der Waals surface area contributed by atoms with Crippen LogP contribution in [0.5, 0.6) is 0 Å². The molecule has 1 aromatic rings. The standard InChI is InChI=1S/C13H18BrN3O2S.ClH/c14-11-6-10(8-20-11)13(19)17-5-1-2-9(7-17)12(18)16-4-3-15;/h6,8-9H,1-5,7,15H2,(H,16,18);1H. The molecule has 1 fully saturated rings. The van der Waals surface area contributed by atoms with Crippen LogP contribution in [-0.2, 0) is 4.79 Å². The molecule has 0 bridgehead atoms. The Hall–Kier alpha value is -0.630. The molecule has 0 saturated carbocycles. The summed E-state index contributed by atoms with van der Waals surface area (Å²) in [5, 5.41) is 4.64. The molecule has 2 heterocycles. The molecule has 1 atom stereocenters. The average Bonchev–Trinajstić information content (AvgIpc) is 2.90. The maximum absolute atomic E-state index is 12.4. The van der Waals surface area contributed by atoms with Crippen molar-refractivity contribution >= 4 is 51.5 Å². The number of hydrogen-bond donors (Lipinski definition) is 2. The minimum atomic E-state index is -0.124. The molecule has 2 amide bonds. The fraction of sp³-hybridized carbons (Fsp3) is 0.538. The lowest BCUT2D eigenvalue weighted by atomic mass is 9.96. The van der Waals surface area contributed by atoms with Gasteiger partial charge in [-0.15, -0.1) is 23.7 Å². The van der Waals surface area contributed by atoms with Gasteiger partial charge in [0.2, 0.25) is 5.91 Å². The van der Waals surface area contributed by atoms with Gasteiger partial charge in [0.25, 0.3) is 5.91 Å². The van der Waals surface area contributed by atoms with Crippen LogP contribution in [0.1, 0.15) is 23.2 Å². The quantitative estimate of drug-likeness (QED) is 0.815. The highest BCUT2D eigenvalue weighted by molar-refractivity contribution is 9.11. The Morgan fingerprint density at radius 3 is 2.90 bits per heavy atom. The molecule has 8 heteroatoms. The first-order valence-corrected chi connectivity index (χ1v) is 8.30. The van der Waals surface area contributed by atoms with E-state index in [4.69, 9.17) is 5.73 Å². The molecule has 118 valence electrons. The molecule has 3 N–H and O–H groups in total. The fourth-order valence-electron chi connectivity index (χ4n) is 2.32. The predicted octanol–water partition coefficient (Wildman–Crippen LogP) is 1.86. The van der Waals surface area contributed by atoms with Crippen molar-refractivity contribution in [3.63, 3.8) is 0 Å². The van der Waals surface area contributed by atoms with Crippen LogP contribution in [-0.4, -0.2) is 42.9 Å². The van der Waals surface area contributed by atoms with Crippen LogP contribution < -0.4 is 11.1 Å². The Balaban J connectivity index is 0.00000220. The molecular weight excluding hydrogens is 378 g/mol. The van der Waals surface area contributed by atoms with E-state index in [9.17, 15) is 9.59 Å². The highest BCUT2D eigenvalue weighted by Crippen LogP contribution is 2.24. The number of hydrogen-bond acceptors (Lipinski definition) is 4. The molecule has 0 aromatic carbocycles. The number of likely N-dealkylation sites (tertiary alicyclic amines) is 1. The lowest BCUT2D eigenvalue weighted by molar-refractivity contribution is -0.126. The summed E-state index contributed by atoms with van der Waals surface area (Å²) in [6.45, 7) is 2.13. The minimum absolute atomic E-state index is 0. The number of amides is 2. The van der Waals surface area contributed by atoms with Crippen molar-refractivity contribution < 1.29 is 9.59 Å². The van der Waals surface area contributed by atoms with Gasteiger partial charge >= 0.3 is 0 Å². The van der Waals surface area contributed by atoms with Gasteiger partial charge in [-0.3, -0.25) is 9.59 Å². The van der Waals surface area contributed by atoms with Crippen molar-refractivity contribution in [3.8, 4) is 0 Å². The number of rotatable bonds is 4. The number of carbonyl (C=O) groups excluding carboxylic acids is 2. The lowest BCUT2D eigenvalue weighted by Gasteiger charge is -2.31. The van der Waals surface area contributed by atoms with Crippen LogP contribution >= 0.6 is 39.7 Å². The van der Waals surface area contributed by atoms with Crippen LogP contribution in [0.25, 0.3) is 0 Å². The van der Waals surface area contributed by atoms with Gasteiger partial charge in [-0.05, 0) is 34.8 Å². The molecule has 0 radical (unpaired) electrons. The first-order chi connectivity index (χ1) is 9.61. The second-order valence-electron chi connectivity index (χ2n) is 4.81. The molecule has 2 rings (SSSR count). The van der Waals surface area contributed by atoms with Gasteiger partial charge in [0, 0.05) is 31.6 Å². The van der Waals surface area contributed by atoms with Crippen molar-refractivity contribution in [2.45, 2.75) is 12.8 Å². The van der Waals surface area contributed by atoms with Gasteiger partial charge < -0.3 is 16.0 Å². The maximum Gasteiger partial charge on any atom is 0.254 e. The van der Waals surface area contributed by atoms with Crippen LogP contribution in [0.15, 0.2) is 15.2 Å². The zero-order valence-corrected chi connectivity index (χ0v) is 14.7. The van der Waals surface area contributed by atoms with Crippen LogP contribution in [0.2, 0.25) is 0 Å². The highest BCUT2D eigenvalue weighted by Gasteiger charge is 2.28. The number of nitrogens with one attached hydrogen (secondary N) is 1. The first kappa shape index (κ1) is 18.4. The van der Waals surface area contributed by atoms with Gasteiger partial charge in [0.05, 0.1) is 15.3 Å². The summed E-state index contributed by atoms with van der Waals surface area (Å²) >= 11 is 4.85. The van der Waals surface area contributed by atoms with E-state index in [-0.39, 0.29) is 30.1 Å². The second kappa shape index (κ2) is 8.73. The molecular formula is C13H19BrClN3O2S. The Morgan fingerprint density at radius 1 is 1.52 bits per heavy atom. The number of thiophene rings is 1. The van der Waals surface area contributed by atoms with E-state index < -0.39 is 0 Å². The average molecular weight is 397 g/mol. The third-order valence-corrected chi connectivity index (χ3v) is 4.84. The summed E-state index contributed by atoms with van der Waals surface area (Å²) in [6, 6.07) is 1.82. The molecule has 21 heavy (non-hydrogen) atoms. The lowest BCUT2D eigenvalue weighted by Crippen LogP contribution is -2.46. The third-order valence-electron chi connectivity index (χ3n) is 3.34. The SMILES string of the molecule is Cl.NCCNC(=O)C1CCCN(C(=O)c2csc(Br)c2)C1. The van der Waals surface area contributed by atoms with Gasteiger partial charge in [-0.25, -0.2) is 0 Å². The van der Waals surface area contributed by atoms with Gasteiger partial charge in [-0.1, -0.05) is 0 Å². The zero-order chi connectivity index (χ0) is 14.5. The largest absolute Gasteiger partial charge is 0.355 e. The third kappa shape index (κ3) is 4.95. The van der Waals surface area contributed by atoms with Gasteiger partial charge in [0.15, 0.2) is 0 Å². The number of nitrogens with zero attached hydrogens (tertiary/aromatic N) is 1. The van der Waals surface area contributed by atoms with E-state index in [0.29, 0.717) is 31.7 Å². The van der Waals surface area contributed by atoms with E-state index in [0.717, 1.165) is 16.6 Å². The van der Waals surface area contributed by atoms with E-state index in [1.807, 2.05) is 11.4 Å². The van der Waals surface area contributed by atoms with Gasteiger partial charge in [-0.2, -0.15) is 0 Å². The topological polar surface area (TPSA) is 75.4 Å². The van der Waals surface area contributed by atoms with E-state index in [1.165, 1.54) is 11.3 Å². The van der Waals surface area contributed by atoms with Gasteiger partial charge in [0.1, 0.15) is 0 Å². The molecule has 0 spiro atoms. The monoisotopic (exact) mass is 395 g/mol. The smallest absolute Gasteiger partial charge is 0.254 e. The van der Waals surface area contributed by atoms with Crippen molar-refractivity contribution in [3.05, 3.63) is 20.8 Å². The molecule has 1 aromatic heterocycles. The fourth-order valence-corrected chi connectivity index (χ4v) is 3.45. The van der Waals surface area contributed by atoms with E-state index in [1.54, 1.807) is 4.90 Å². The summed E-state index contributed by atoms with van der Waals surface area (Å²) in [7, 11) is 0. The van der Waals surface area contributed by atoms with Crippen LogP contribution in [0.4, 0.5) is 0 Å². The van der Waals surface area contributed by atoms with E-state index >= 15 is 0 Å². The summed E-state index contributed by atoms with van der Waals surface area (Å²) in [4.78, 5) is 26.1. The number of halogens is 2. The van der Waals surface area contributed by atoms with Crippen molar-refractivity contribution in [2.75, 3.05) is 26.2 Å². The Morgan fingerprint density at radius 2 is 2.29 bits per heavy atom. The van der Waals surface area contributed by atoms with Crippen LogP contribution in [0, 0.1) is 5.92 Å². The Kier molecular flexibility index (Phi) is 7.65. The zero-order valence-electron chi connectivity index (χ0n) is 11.5. The predicted molar refractivity (Wildman–Crippen MR) is 90.0 cm³/mol. The second-order valence-corrected chi connectivity index (χ2v) is 7.10. The normalized spacial score (nSPS) is 18.0. The van der Waals surface area contributed by atoms with Crippen molar-refractivity contribution in [2.24, 2.45) is 11.7 Å². The molecule has 1 aliphatic heterocycles. The van der Waals surface area contributed by atoms with E-state index in [2.05, 4.69) is 21.2 Å². The molecule has 5 nitrogen and oxygen atoms in total. The Labute approximate surface area is 142 Å². The molecule has 1 saturated heterocycles. The summed E-state index contributed by atoms with van der Waals surface area (Å²) in [6.07, 6.45) is 1.69. The minimum Gasteiger partial charge on any atom is -0.355 e. The summed E-state index contributed by atoms with van der Waals surface area (Å²) < 4.78 is 0.940. The first-order valence-electron chi connectivity index (χ1n) is 6.63. The van der Waals surface area contributed by atoms with Crippen molar-refractivity contribution in [1.82, 2.24) is 10.2 Å². The summed E-state index contributed by atoms with van der Waals surface area (Å²) in [5.74, 6) is -0.121. The molecule has 1 unspecified atom stereocenters.